The van der Waals surface area contributed by atoms with Gasteiger partial charge in [0.2, 0.25) is 0 Å². The highest BCUT2D eigenvalue weighted by molar-refractivity contribution is 9.10. The lowest BCUT2D eigenvalue weighted by atomic mass is 10.00. The van der Waals surface area contributed by atoms with Gasteiger partial charge in [-0.05, 0) is 58.6 Å². The standard InChI is InChI=1S/C16H14BrNO3/c17-12-7-6-11(9-14(12)20)16(21)18-8-2-4-10-3-1-5-13(19)15(10)18/h1,3,5-7,9,19-20H,2,4,8H2. The first-order chi connectivity index (χ1) is 10.1. The Labute approximate surface area is 130 Å². The maximum absolute atomic E-state index is 12.7. The number of phenolic OH excluding ortho intramolecular Hbond substituents is 2. The van der Waals surface area contributed by atoms with Crippen molar-refractivity contribution in [3.05, 3.63) is 52.0 Å². The van der Waals surface area contributed by atoms with E-state index in [0.717, 1.165) is 18.4 Å². The van der Waals surface area contributed by atoms with Gasteiger partial charge in [-0.25, -0.2) is 0 Å². The van der Waals surface area contributed by atoms with Crippen LogP contribution in [-0.4, -0.2) is 22.7 Å². The highest BCUT2D eigenvalue weighted by Crippen LogP contribution is 2.36. The van der Waals surface area contributed by atoms with Gasteiger partial charge in [-0.2, -0.15) is 0 Å². The van der Waals surface area contributed by atoms with Crippen LogP contribution in [-0.2, 0) is 6.42 Å². The van der Waals surface area contributed by atoms with E-state index in [-0.39, 0.29) is 17.4 Å². The maximum atomic E-state index is 12.7. The zero-order valence-corrected chi connectivity index (χ0v) is 12.8. The highest BCUT2D eigenvalue weighted by Gasteiger charge is 2.26. The Morgan fingerprint density at radius 2 is 1.95 bits per heavy atom. The molecular formula is C16H14BrNO3. The number of hydrogen-bond acceptors (Lipinski definition) is 3. The third-order valence-corrected chi connectivity index (χ3v) is 4.30. The first kappa shape index (κ1) is 13.9. The number of aromatic hydroxyl groups is 2. The van der Waals surface area contributed by atoms with Crippen molar-refractivity contribution in [2.45, 2.75) is 12.8 Å². The van der Waals surface area contributed by atoms with Crippen LogP contribution >= 0.6 is 15.9 Å². The molecule has 0 spiro atoms. The van der Waals surface area contributed by atoms with Gasteiger partial charge in [0.05, 0.1) is 10.2 Å². The predicted molar refractivity (Wildman–Crippen MR) is 83.9 cm³/mol. The van der Waals surface area contributed by atoms with Crippen molar-refractivity contribution in [3.63, 3.8) is 0 Å². The summed E-state index contributed by atoms with van der Waals surface area (Å²) in [5, 5.41) is 19.8. The second-order valence-corrected chi connectivity index (χ2v) is 5.87. The highest BCUT2D eigenvalue weighted by atomic mass is 79.9. The molecule has 1 amide bonds. The molecule has 0 aliphatic carbocycles. The molecule has 0 bridgehead atoms. The fraction of sp³-hybridized carbons (Fsp3) is 0.188. The summed E-state index contributed by atoms with van der Waals surface area (Å²) in [4.78, 5) is 14.2. The van der Waals surface area contributed by atoms with Crippen molar-refractivity contribution in [1.82, 2.24) is 0 Å². The van der Waals surface area contributed by atoms with Crippen LogP contribution in [0.25, 0.3) is 0 Å². The van der Waals surface area contributed by atoms with Crippen molar-refractivity contribution in [2.75, 3.05) is 11.4 Å². The van der Waals surface area contributed by atoms with E-state index < -0.39 is 0 Å². The first-order valence-corrected chi connectivity index (χ1v) is 7.48. The predicted octanol–water partition coefficient (Wildman–Crippen LogP) is 3.45. The van der Waals surface area contributed by atoms with E-state index in [1.54, 1.807) is 29.2 Å². The van der Waals surface area contributed by atoms with E-state index in [4.69, 9.17) is 0 Å². The monoisotopic (exact) mass is 347 g/mol. The summed E-state index contributed by atoms with van der Waals surface area (Å²) >= 11 is 3.20. The number of rotatable bonds is 1. The van der Waals surface area contributed by atoms with Gasteiger partial charge in [0.15, 0.2) is 0 Å². The van der Waals surface area contributed by atoms with Crippen LogP contribution in [0.4, 0.5) is 5.69 Å². The number of carbonyl (C=O) groups excluding carboxylic acids is 1. The van der Waals surface area contributed by atoms with Crippen molar-refractivity contribution >= 4 is 27.5 Å². The van der Waals surface area contributed by atoms with Crippen LogP contribution in [0, 0.1) is 0 Å². The average Bonchev–Trinajstić information content (AvgIpc) is 2.49. The second-order valence-electron chi connectivity index (χ2n) is 5.01. The first-order valence-electron chi connectivity index (χ1n) is 6.69. The molecule has 0 unspecified atom stereocenters. The third kappa shape index (κ3) is 2.49. The van der Waals surface area contributed by atoms with E-state index in [1.165, 1.54) is 6.07 Å². The van der Waals surface area contributed by atoms with Gasteiger partial charge >= 0.3 is 0 Å². The van der Waals surface area contributed by atoms with Gasteiger partial charge in [-0.15, -0.1) is 0 Å². The van der Waals surface area contributed by atoms with Crippen molar-refractivity contribution in [2.24, 2.45) is 0 Å². The molecule has 21 heavy (non-hydrogen) atoms. The molecule has 1 heterocycles. The van der Waals surface area contributed by atoms with Gasteiger partial charge in [0.25, 0.3) is 5.91 Å². The van der Waals surface area contributed by atoms with Crippen LogP contribution < -0.4 is 4.90 Å². The van der Waals surface area contributed by atoms with Gasteiger partial charge in [0, 0.05) is 12.1 Å². The molecule has 2 aromatic rings. The number of carbonyl (C=O) groups is 1. The van der Waals surface area contributed by atoms with Crippen LogP contribution in [0.2, 0.25) is 0 Å². The van der Waals surface area contributed by atoms with E-state index in [0.29, 0.717) is 22.3 Å². The number of anilines is 1. The maximum Gasteiger partial charge on any atom is 0.258 e. The molecule has 0 saturated carbocycles. The number of halogens is 1. The topological polar surface area (TPSA) is 60.8 Å². The Bertz CT molecular complexity index is 715. The van der Waals surface area contributed by atoms with Gasteiger partial charge in [-0.1, -0.05) is 12.1 Å². The van der Waals surface area contributed by atoms with E-state index in [2.05, 4.69) is 15.9 Å². The summed E-state index contributed by atoms with van der Waals surface area (Å²) in [7, 11) is 0. The van der Waals surface area contributed by atoms with Crippen LogP contribution in [0.1, 0.15) is 22.3 Å². The molecule has 4 nitrogen and oxygen atoms in total. The molecule has 0 atom stereocenters. The molecule has 5 heteroatoms. The minimum atomic E-state index is -0.222. The van der Waals surface area contributed by atoms with E-state index in [1.807, 2.05) is 6.07 Å². The average molecular weight is 348 g/mol. The third-order valence-electron chi connectivity index (χ3n) is 3.63. The molecule has 2 aromatic carbocycles. The van der Waals surface area contributed by atoms with Crippen molar-refractivity contribution < 1.29 is 15.0 Å². The second kappa shape index (κ2) is 5.41. The summed E-state index contributed by atoms with van der Waals surface area (Å²) in [5.41, 5.74) is 1.94. The molecule has 0 saturated heterocycles. The largest absolute Gasteiger partial charge is 0.507 e. The Balaban J connectivity index is 2.02. The number of para-hydroxylation sites is 1. The number of hydrogen-bond donors (Lipinski definition) is 2. The Kier molecular flexibility index (Phi) is 3.59. The van der Waals surface area contributed by atoms with Gasteiger partial charge < -0.3 is 15.1 Å². The summed E-state index contributed by atoms with van der Waals surface area (Å²) in [6, 6.07) is 10.0. The Morgan fingerprint density at radius 3 is 2.71 bits per heavy atom. The number of aryl methyl sites for hydroxylation is 1. The van der Waals surface area contributed by atoms with Crippen molar-refractivity contribution in [1.29, 1.82) is 0 Å². The fourth-order valence-corrected chi connectivity index (χ4v) is 2.88. The number of fused-ring (bicyclic) bond motifs is 1. The lowest BCUT2D eigenvalue weighted by molar-refractivity contribution is 0.0984. The molecule has 1 aliphatic heterocycles. The van der Waals surface area contributed by atoms with E-state index in [9.17, 15) is 15.0 Å². The normalized spacial score (nSPS) is 13.9. The van der Waals surface area contributed by atoms with Gasteiger partial charge in [-0.3, -0.25) is 4.79 Å². The van der Waals surface area contributed by atoms with Gasteiger partial charge in [0.1, 0.15) is 11.5 Å². The molecule has 0 fully saturated rings. The molecular weight excluding hydrogens is 334 g/mol. The van der Waals surface area contributed by atoms with Crippen molar-refractivity contribution in [3.8, 4) is 11.5 Å². The van der Waals surface area contributed by atoms with Crippen LogP contribution in [0.3, 0.4) is 0 Å². The summed E-state index contributed by atoms with van der Waals surface area (Å²) in [6.07, 6.45) is 1.70. The summed E-state index contributed by atoms with van der Waals surface area (Å²) in [5.74, 6) is -0.0856. The zero-order valence-electron chi connectivity index (χ0n) is 11.2. The lowest BCUT2D eigenvalue weighted by Gasteiger charge is -2.30. The van der Waals surface area contributed by atoms with Crippen LogP contribution in [0.15, 0.2) is 40.9 Å². The molecule has 3 rings (SSSR count). The minimum absolute atomic E-state index is 0.0235. The summed E-state index contributed by atoms with van der Waals surface area (Å²) in [6.45, 7) is 0.556. The molecule has 0 aromatic heterocycles. The summed E-state index contributed by atoms with van der Waals surface area (Å²) < 4.78 is 0.543. The number of nitrogens with zero attached hydrogens (tertiary/aromatic N) is 1. The number of amides is 1. The molecule has 1 aliphatic rings. The lowest BCUT2D eigenvalue weighted by Crippen LogP contribution is -2.35. The van der Waals surface area contributed by atoms with Crippen LogP contribution in [0.5, 0.6) is 11.5 Å². The number of phenols is 2. The Morgan fingerprint density at radius 1 is 1.14 bits per heavy atom. The molecule has 108 valence electrons. The van der Waals surface area contributed by atoms with E-state index >= 15 is 0 Å². The fourth-order valence-electron chi connectivity index (χ4n) is 2.64. The Hall–Kier alpha value is -2.01. The number of benzene rings is 2. The SMILES string of the molecule is O=C(c1ccc(Br)c(O)c1)N1CCCc2cccc(O)c21. The molecule has 2 N–H and O–H groups in total. The quantitative estimate of drug-likeness (QED) is 0.830. The molecule has 0 radical (unpaired) electrons. The minimum Gasteiger partial charge on any atom is -0.507 e. The smallest absolute Gasteiger partial charge is 0.258 e. The zero-order chi connectivity index (χ0) is 15.0.